The molecule has 4 aliphatic rings. The molecule has 1 aliphatic heterocycles. The zero-order valence-electron chi connectivity index (χ0n) is 28.9. The monoisotopic (exact) mass is 596 g/mol. The highest BCUT2D eigenvalue weighted by Gasteiger charge is 2.68. The van der Waals surface area contributed by atoms with Crippen molar-refractivity contribution < 1.29 is 18.7 Å². The predicted octanol–water partition coefficient (Wildman–Crippen LogP) is 10.3. The molecule has 1 saturated heterocycles. The van der Waals surface area contributed by atoms with Crippen LogP contribution in [0.5, 0.6) is 0 Å². The van der Waals surface area contributed by atoms with E-state index in [1.54, 1.807) is 0 Å². The molecule has 0 amide bonds. The van der Waals surface area contributed by atoms with E-state index < -0.39 is 14.5 Å². The van der Waals surface area contributed by atoms with Crippen LogP contribution in [0.3, 0.4) is 0 Å². The molecule has 3 fully saturated rings. The van der Waals surface area contributed by atoms with Crippen molar-refractivity contribution in [1.29, 1.82) is 0 Å². The molecule has 0 aromatic heterocycles. The Kier molecular flexibility index (Phi) is 8.98. The maximum Gasteiger partial charge on any atom is 0.509 e. The second kappa shape index (κ2) is 11.4. The Morgan fingerprint density at radius 2 is 1.83 bits per heavy atom. The van der Waals surface area contributed by atoms with Crippen molar-refractivity contribution in [3.63, 3.8) is 0 Å². The van der Waals surface area contributed by atoms with E-state index in [2.05, 4.69) is 100 Å². The molecular weight excluding hydrogens is 536 g/mol. The van der Waals surface area contributed by atoms with Crippen LogP contribution in [-0.2, 0) is 13.9 Å². The van der Waals surface area contributed by atoms with Crippen molar-refractivity contribution in [2.45, 2.75) is 145 Å². The van der Waals surface area contributed by atoms with Gasteiger partial charge in [0.15, 0.2) is 0 Å². The largest absolute Gasteiger partial charge is 0.546 e. The third-order valence-corrected chi connectivity index (χ3v) is 17.0. The highest BCUT2D eigenvalue weighted by Crippen LogP contribution is 2.69. The van der Waals surface area contributed by atoms with Crippen molar-refractivity contribution in [2.24, 2.45) is 45.8 Å². The highest BCUT2D eigenvalue weighted by molar-refractivity contribution is 6.74. The fraction of sp³-hybridized carbons (Fsp3) is 0.811. The van der Waals surface area contributed by atoms with Crippen LogP contribution in [0.15, 0.2) is 23.5 Å². The summed E-state index contributed by atoms with van der Waals surface area (Å²) in [4.78, 5) is 12.3. The van der Waals surface area contributed by atoms with Crippen LogP contribution in [0.1, 0.15) is 114 Å². The average molecular weight is 597 g/mol. The third kappa shape index (κ3) is 5.88. The topological polar surface area (TPSA) is 44.8 Å². The van der Waals surface area contributed by atoms with E-state index in [-0.39, 0.29) is 39.4 Å². The molecule has 1 heterocycles. The Morgan fingerprint density at radius 1 is 1.17 bits per heavy atom. The number of carbonyl (C=O) groups excluding carboxylic acids is 1. The van der Waals surface area contributed by atoms with Gasteiger partial charge in [0.1, 0.15) is 12.2 Å². The molecule has 5 heteroatoms. The van der Waals surface area contributed by atoms with Crippen molar-refractivity contribution in [2.75, 3.05) is 0 Å². The van der Waals surface area contributed by atoms with Crippen LogP contribution in [0.25, 0.3) is 0 Å². The van der Waals surface area contributed by atoms with Gasteiger partial charge in [-0.2, -0.15) is 0 Å². The second-order valence-corrected chi connectivity index (χ2v) is 22.0. The SMILES string of the molecule is C#C[C@H](CC[C@]1(C)C=C(O[Si](C)(C)C(C)(C)C)[C@@H]2[C@H]1CC[C@H]1C(C)(C)[C@H]3OC(=O)O[C@H]3C[C@]21C)[C@H](C)CCC=C(C)C. The number of allylic oxidation sites excluding steroid dienone is 4. The number of hydrogen-bond donors (Lipinski definition) is 0. The zero-order valence-corrected chi connectivity index (χ0v) is 29.9. The van der Waals surface area contributed by atoms with Crippen LogP contribution in [0, 0.1) is 58.2 Å². The van der Waals surface area contributed by atoms with Crippen LogP contribution in [0.2, 0.25) is 18.1 Å². The normalized spacial score (nSPS) is 36.7. The molecule has 0 aromatic rings. The second-order valence-electron chi connectivity index (χ2n) is 17.3. The molecule has 0 radical (unpaired) electrons. The Hall–Kier alpha value is -1.67. The first-order valence-corrected chi connectivity index (χ1v) is 19.6. The average Bonchev–Trinajstić information content (AvgIpc) is 3.35. The van der Waals surface area contributed by atoms with Gasteiger partial charge in [0.2, 0.25) is 8.32 Å². The quantitative estimate of drug-likeness (QED) is 0.115. The summed E-state index contributed by atoms with van der Waals surface area (Å²) in [6, 6.07) is 0. The summed E-state index contributed by atoms with van der Waals surface area (Å²) in [5.74, 6) is 6.39. The van der Waals surface area contributed by atoms with E-state index in [9.17, 15) is 4.79 Å². The number of fused-ring (bicyclic) bond motifs is 4. The van der Waals surface area contributed by atoms with Crippen LogP contribution in [-0.4, -0.2) is 26.7 Å². The lowest BCUT2D eigenvalue weighted by Gasteiger charge is -2.61. The molecule has 9 atom stereocenters. The zero-order chi connectivity index (χ0) is 31.5. The van der Waals surface area contributed by atoms with Gasteiger partial charge in [0.05, 0.1) is 5.76 Å². The molecule has 0 bridgehead atoms. The van der Waals surface area contributed by atoms with Crippen LogP contribution < -0.4 is 0 Å². The lowest BCUT2D eigenvalue weighted by atomic mass is 9.44. The van der Waals surface area contributed by atoms with Crippen molar-refractivity contribution >= 4 is 14.5 Å². The lowest BCUT2D eigenvalue weighted by molar-refractivity contribution is -0.163. The summed E-state index contributed by atoms with van der Waals surface area (Å²) in [6.45, 7) is 28.0. The highest BCUT2D eigenvalue weighted by atomic mass is 28.4. The Labute approximate surface area is 258 Å². The molecule has 0 N–H and O–H groups in total. The van der Waals surface area contributed by atoms with Crippen LogP contribution in [0.4, 0.5) is 4.79 Å². The molecule has 0 spiro atoms. The van der Waals surface area contributed by atoms with Gasteiger partial charge in [-0.3, -0.25) is 0 Å². The van der Waals surface area contributed by atoms with Gasteiger partial charge in [-0.15, -0.1) is 12.3 Å². The molecule has 4 rings (SSSR count). The Bertz CT molecular complexity index is 1130. The summed E-state index contributed by atoms with van der Waals surface area (Å²) in [6.07, 6.45) is 17.7. The van der Waals surface area contributed by atoms with E-state index in [1.165, 1.54) is 11.3 Å². The molecule has 4 nitrogen and oxygen atoms in total. The van der Waals surface area contributed by atoms with Gasteiger partial charge in [0.25, 0.3) is 0 Å². The minimum absolute atomic E-state index is 0.0227. The Balaban J connectivity index is 1.67. The van der Waals surface area contributed by atoms with E-state index in [4.69, 9.17) is 20.3 Å². The molecule has 236 valence electrons. The minimum Gasteiger partial charge on any atom is -0.546 e. The molecule has 2 saturated carbocycles. The first-order chi connectivity index (χ1) is 19.3. The summed E-state index contributed by atoms with van der Waals surface area (Å²) >= 11 is 0. The van der Waals surface area contributed by atoms with Crippen molar-refractivity contribution in [1.82, 2.24) is 0 Å². The van der Waals surface area contributed by atoms with Gasteiger partial charge < -0.3 is 13.9 Å². The van der Waals surface area contributed by atoms with Crippen LogP contribution >= 0.6 is 0 Å². The summed E-state index contributed by atoms with van der Waals surface area (Å²) < 4.78 is 18.9. The van der Waals surface area contributed by atoms with Gasteiger partial charge in [-0.25, -0.2) is 4.79 Å². The smallest absolute Gasteiger partial charge is 0.509 e. The predicted molar refractivity (Wildman–Crippen MR) is 175 cm³/mol. The molecule has 0 unspecified atom stereocenters. The molecular formula is C37H60O4Si. The number of carbonyl (C=O) groups is 1. The third-order valence-electron chi connectivity index (χ3n) is 12.6. The van der Waals surface area contributed by atoms with Gasteiger partial charge >= 0.3 is 6.16 Å². The number of rotatable bonds is 9. The molecule has 3 aliphatic carbocycles. The van der Waals surface area contributed by atoms with E-state index in [0.717, 1.165) is 44.9 Å². The van der Waals surface area contributed by atoms with E-state index >= 15 is 0 Å². The van der Waals surface area contributed by atoms with Gasteiger partial charge in [0, 0.05) is 17.3 Å². The van der Waals surface area contributed by atoms with Gasteiger partial charge in [-0.05, 0) is 112 Å². The Morgan fingerprint density at radius 3 is 2.43 bits per heavy atom. The molecule has 42 heavy (non-hydrogen) atoms. The van der Waals surface area contributed by atoms with Gasteiger partial charge in [-0.1, -0.05) is 67.0 Å². The first kappa shape index (κ1) is 33.2. The maximum absolute atomic E-state index is 12.3. The summed E-state index contributed by atoms with van der Waals surface area (Å²) in [5, 5.41) is 0.109. The van der Waals surface area contributed by atoms with E-state index in [0.29, 0.717) is 23.7 Å². The number of ether oxygens (including phenoxy) is 2. The fourth-order valence-corrected chi connectivity index (χ4v) is 10.3. The number of terminal acetylenes is 1. The van der Waals surface area contributed by atoms with Crippen molar-refractivity contribution in [3.05, 3.63) is 23.5 Å². The fourth-order valence-electron chi connectivity index (χ4n) is 9.20. The minimum atomic E-state index is -2.08. The standard InChI is InChI=1S/C37H60O4Si/c1-14-26(25(4)17-15-16-24(2)3)20-21-36(10)22-28(41-42(12,13)34(5,6)7)31-27(36)18-19-30-35(8,9)32-29(23-37(30,31)11)39-33(38)40-32/h1,16,22,25-27,29-32H,15,17-21,23H2,2-13H3/t25-,26-,27-,29+,30+,31+,32+,36-,37+/m1/s1. The number of hydrogen-bond acceptors (Lipinski definition) is 4. The molecule has 0 aromatic carbocycles. The first-order valence-electron chi connectivity index (χ1n) is 16.7. The van der Waals surface area contributed by atoms with Crippen molar-refractivity contribution in [3.8, 4) is 12.3 Å². The van der Waals surface area contributed by atoms with E-state index in [1.807, 2.05) is 0 Å². The lowest BCUT2D eigenvalue weighted by Crippen LogP contribution is -2.61. The summed E-state index contributed by atoms with van der Waals surface area (Å²) in [7, 11) is -2.08. The maximum atomic E-state index is 12.3. The summed E-state index contributed by atoms with van der Waals surface area (Å²) in [5.41, 5.74) is 1.19.